The average Bonchev–Trinajstić information content (AvgIpc) is 2.80. The largest absolute Gasteiger partial charge is 0.394 e. The summed E-state index contributed by atoms with van der Waals surface area (Å²) in [5.41, 5.74) is 0.159. The van der Waals surface area contributed by atoms with Crippen molar-refractivity contribution in [2.24, 2.45) is 0 Å². The molecule has 0 spiro atoms. The predicted molar refractivity (Wildman–Crippen MR) is 62.6 cm³/mol. The van der Waals surface area contributed by atoms with Crippen LogP contribution in [0.3, 0.4) is 0 Å². The second-order valence-electron chi connectivity index (χ2n) is 4.08. The fraction of sp³-hybridized carbons (Fsp3) is 0.417. The Morgan fingerprint density at radius 3 is 3.06 bits per heavy atom. The van der Waals surface area contributed by atoms with Crippen molar-refractivity contribution in [3.05, 3.63) is 34.6 Å². The minimum atomic E-state index is -0.600. The standard InChI is InChI=1S/C12H13ClFNO2/c13-11-9(4-1-5-10(11)14)12(17)15-6-2-3-8(15)7-16/h1,4-5,8,16H,2-3,6-7H2/t8-/m0/s1. The third-order valence-corrected chi connectivity index (χ3v) is 3.41. The van der Waals surface area contributed by atoms with E-state index in [1.165, 1.54) is 18.2 Å². The van der Waals surface area contributed by atoms with Crippen molar-refractivity contribution in [2.75, 3.05) is 13.2 Å². The molecule has 1 heterocycles. The van der Waals surface area contributed by atoms with Gasteiger partial charge in [-0.2, -0.15) is 0 Å². The Morgan fingerprint density at radius 2 is 2.35 bits per heavy atom. The predicted octanol–water partition coefficient (Wildman–Crippen LogP) is 2.08. The molecule has 0 unspecified atom stereocenters. The molecule has 1 amide bonds. The zero-order chi connectivity index (χ0) is 12.4. The van der Waals surface area contributed by atoms with Gasteiger partial charge in [0.1, 0.15) is 5.82 Å². The van der Waals surface area contributed by atoms with Gasteiger partial charge in [-0.05, 0) is 25.0 Å². The summed E-state index contributed by atoms with van der Waals surface area (Å²) in [5.74, 6) is -0.914. The van der Waals surface area contributed by atoms with E-state index in [1.54, 1.807) is 4.90 Å². The number of amides is 1. The summed E-state index contributed by atoms with van der Waals surface area (Å²) in [6, 6.07) is 3.99. The van der Waals surface area contributed by atoms with E-state index in [2.05, 4.69) is 0 Å². The van der Waals surface area contributed by atoms with Crippen molar-refractivity contribution >= 4 is 17.5 Å². The second-order valence-corrected chi connectivity index (χ2v) is 4.46. The van der Waals surface area contributed by atoms with Crippen LogP contribution in [0.15, 0.2) is 18.2 Å². The minimum absolute atomic E-state index is 0.0708. The van der Waals surface area contributed by atoms with Gasteiger partial charge in [0.05, 0.1) is 23.2 Å². The summed E-state index contributed by atoms with van der Waals surface area (Å²) in [6.45, 7) is 0.510. The van der Waals surface area contributed by atoms with Crippen LogP contribution in [0.2, 0.25) is 5.02 Å². The first-order valence-corrected chi connectivity index (χ1v) is 5.88. The molecule has 1 N–H and O–H groups in total. The number of halogens is 2. The van der Waals surface area contributed by atoms with E-state index in [1.807, 2.05) is 0 Å². The van der Waals surface area contributed by atoms with E-state index in [9.17, 15) is 9.18 Å². The molecule has 1 fully saturated rings. The number of hydrogen-bond donors (Lipinski definition) is 1. The molecule has 2 rings (SSSR count). The van der Waals surface area contributed by atoms with Gasteiger partial charge in [-0.1, -0.05) is 17.7 Å². The summed E-state index contributed by atoms with van der Waals surface area (Å²) >= 11 is 5.77. The number of nitrogens with zero attached hydrogens (tertiary/aromatic N) is 1. The molecule has 1 atom stereocenters. The number of carbonyl (C=O) groups excluding carboxylic acids is 1. The summed E-state index contributed by atoms with van der Waals surface area (Å²) in [6.07, 6.45) is 1.62. The highest BCUT2D eigenvalue weighted by atomic mass is 35.5. The number of carbonyl (C=O) groups is 1. The van der Waals surface area contributed by atoms with Gasteiger partial charge < -0.3 is 10.0 Å². The summed E-state index contributed by atoms with van der Waals surface area (Å²) in [7, 11) is 0. The van der Waals surface area contributed by atoms with Crippen LogP contribution in [0, 0.1) is 5.82 Å². The van der Waals surface area contributed by atoms with Gasteiger partial charge in [-0.25, -0.2) is 4.39 Å². The minimum Gasteiger partial charge on any atom is -0.394 e. The molecule has 1 aliphatic rings. The first-order valence-electron chi connectivity index (χ1n) is 5.51. The molecular formula is C12H13ClFNO2. The van der Waals surface area contributed by atoms with E-state index in [-0.39, 0.29) is 29.1 Å². The molecule has 0 radical (unpaired) electrons. The molecule has 1 aromatic rings. The van der Waals surface area contributed by atoms with Gasteiger partial charge in [0.15, 0.2) is 0 Å². The van der Waals surface area contributed by atoms with Gasteiger partial charge in [0.25, 0.3) is 5.91 Å². The smallest absolute Gasteiger partial charge is 0.255 e. The molecular weight excluding hydrogens is 245 g/mol. The monoisotopic (exact) mass is 257 g/mol. The molecule has 0 saturated carbocycles. The molecule has 0 bridgehead atoms. The Hall–Kier alpha value is -1.13. The lowest BCUT2D eigenvalue weighted by Crippen LogP contribution is -2.37. The van der Waals surface area contributed by atoms with Gasteiger partial charge in [0.2, 0.25) is 0 Å². The fourth-order valence-electron chi connectivity index (χ4n) is 2.12. The van der Waals surface area contributed by atoms with Crippen molar-refractivity contribution in [2.45, 2.75) is 18.9 Å². The van der Waals surface area contributed by atoms with Crippen molar-refractivity contribution in [3.8, 4) is 0 Å². The summed E-state index contributed by atoms with van der Waals surface area (Å²) < 4.78 is 13.3. The molecule has 0 aromatic heterocycles. The average molecular weight is 258 g/mol. The molecule has 5 heteroatoms. The van der Waals surface area contributed by atoms with Crippen LogP contribution in [0.4, 0.5) is 4.39 Å². The normalized spacial score (nSPS) is 19.7. The summed E-state index contributed by atoms with van der Waals surface area (Å²) in [4.78, 5) is 13.7. The molecule has 1 saturated heterocycles. The lowest BCUT2D eigenvalue weighted by atomic mass is 10.1. The van der Waals surface area contributed by atoms with E-state index in [0.717, 1.165) is 12.8 Å². The number of rotatable bonds is 2. The SMILES string of the molecule is O=C(c1cccc(F)c1Cl)N1CCC[C@H]1CO. The quantitative estimate of drug-likeness (QED) is 0.881. The lowest BCUT2D eigenvalue weighted by molar-refractivity contribution is 0.0677. The Balaban J connectivity index is 2.28. The third kappa shape index (κ3) is 2.28. The van der Waals surface area contributed by atoms with Gasteiger partial charge in [-0.3, -0.25) is 4.79 Å². The summed E-state index contributed by atoms with van der Waals surface area (Å²) in [5, 5.41) is 9.00. The van der Waals surface area contributed by atoms with Gasteiger partial charge >= 0.3 is 0 Å². The number of benzene rings is 1. The van der Waals surface area contributed by atoms with Crippen LogP contribution < -0.4 is 0 Å². The van der Waals surface area contributed by atoms with E-state index in [4.69, 9.17) is 16.7 Å². The highest BCUT2D eigenvalue weighted by molar-refractivity contribution is 6.34. The van der Waals surface area contributed by atoms with E-state index in [0.29, 0.717) is 6.54 Å². The zero-order valence-electron chi connectivity index (χ0n) is 9.20. The Morgan fingerprint density at radius 1 is 1.59 bits per heavy atom. The van der Waals surface area contributed by atoms with Crippen LogP contribution >= 0.6 is 11.6 Å². The van der Waals surface area contributed by atoms with Crippen LogP contribution in [0.1, 0.15) is 23.2 Å². The molecule has 17 heavy (non-hydrogen) atoms. The lowest BCUT2D eigenvalue weighted by Gasteiger charge is -2.23. The molecule has 0 aliphatic carbocycles. The highest BCUT2D eigenvalue weighted by Crippen LogP contribution is 2.25. The van der Waals surface area contributed by atoms with Crippen LogP contribution in [0.25, 0.3) is 0 Å². The number of hydrogen-bond acceptors (Lipinski definition) is 2. The maximum absolute atomic E-state index is 13.3. The first-order chi connectivity index (χ1) is 8.15. The third-order valence-electron chi connectivity index (χ3n) is 3.03. The van der Waals surface area contributed by atoms with Crippen LogP contribution in [0.5, 0.6) is 0 Å². The van der Waals surface area contributed by atoms with Crippen molar-refractivity contribution in [3.63, 3.8) is 0 Å². The van der Waals surface area contributed by atoms with Gasteiger partial charge in [0, 0.05) is 6.54 Å². The van der Waals surface area contributed by atoms with E-state index >= 15 is 0 Å². The number of aliphatic hydroxyl groups is 1. The van der Waals surface area contributed by atoms with Gasteiger partial charge in [-0.15, -0.1) is 0 Å². The number of aliphatic hydroxyl groups excluding tert-OH is 1. The van der Waals surface area contributed by atoms with Crippen LogP contribution in [-0.4, -0.2) is 35.1 Å². The molecule has 92 valence electrons. The Kier molecular flexibility index (Phi) is 3.64. The Bertz CT molecular complexity index is 439. The zero-order valence-corrected chi connectivity index (χ0v) is 9.95. The second kappa shape index (κ2) is 5.02. The molecule has 3 nitrogen and oxygen atoms in total. The maximum atomic E-state index is 13.3. The molecule has 1 aromatic carbocycles. The maximum Gasteiger partial charge on any atom is 0.255 e. The van der Waals surface area contributed by atoms with Crippen LogP contribution in [-0.2, 0) is 0 Å². The first kappa shape index (κ1) is 12.3. The number of likely N-dealkylation sites (tertiary alicyclic amines) is 1. The van der Waals surface area contributed by atoms with Crippen molar-refractivity contribution in [1.29, 1.82) is 0 Å². The Labute approximate surface area is 104 Å². The molecule has 1 aliphatic heterocycles. The van der Waals surface area contributed by atoms with Crippen molar-refractivity contribution < 1.29 is 14.3 Å². The highest BCUT2D eigenvalue weighted by Gasteiger charge is 2.30. The van der Waals surface area contributed by atoms with Crippen molar-refractivity contribution in [1.82, 2.24) is 4.90 Å². The topological polar surface area (TPSA) is 40.5 Å². The van der Waals surface area contributed by atoms with E-state index < -0.39 is 5.82 Å². The fourth-order valence-corrected chi connectivity index (χ4v) is 2.32.